The summed E-state index contributed by atoms with van der Waals surface area (Å²) in [6.45, 7) is 1.93. The second kappa shape index (κ2) is 9.55. The number of benzene rings is 1. The topological polar surface area (TPSA) is 155 Å². The molecule has 1 aliphatic rings. The van der Waals surface area contributed by atoms with Gasteiger partial charge >= 0.3 is 0 Å². The van der Waals surface area contributed by atoms with Gasteiger partial charge in [0, 0.05) is 21.1 Å². The number of anilines is 2. The van der Waals surface area contributed by atoms with Crippen LogP contribution in [0.15, 0.2) is 41.7 Å². The summed E-state index contributed by atoms with van der Waals surface area (Å²) < 4.78 is 27.5. The number of hydrogen-bond donors (Lipinski definition) is 4. The molecule has 2 heterocycles. The second-order valence-electron chi connectivity index (χ2n) is 7.94. The monoisotopic (exact) mass is 489 g/mol. The van der Waals surface area contributed by atoms with Crippen LogP contribution in [-0.2, 0) is 26.7 Å². The molecule has 4 N–H and O–H groups in total. The second-order valence-corrected chi connectivity index (χ2v) is 9.69. The van der Waals surface area contributed by atoms with Gasteiger partial charge in [0.2, 0.25) is 10.0 Å². The number of nitrogens with zero attached hydrogens (tertiary/aromatic N) is 3. The van der Waals surface area contributed by atoms with Gasteiger partial charge in [0.1, 0.15) is 17.1 Å². The Balaban J connectivity index is 2.08. The van der Waals surface area contributed by atoms with Gasteiger partial charge in [-0.05, 0) is 12.0 Å². The highest BCUT2D eigenvalue weighted by Gasteiger charge is 2.34. The van der Waals surface area contributed by atoms with E-state index >= 15 is 0 Å². The van der Waals surface area contributed by atoms with E-state index in [-0.39, 0.29) is 34.6 Å². The first-order valence-electron chi connectivity index (χ1n) is 10.4. The van der Waals surface area contributed by atoms with E-state index in [1.165, 1.54) is 30.7 Å². The Hall–Kier alpha value is -3.87. The van der Waals surface area contributed by atoms with Crippen LogP contribution in [0.3, 0.4) is 0 Å². The van der Waals surface area contributed by atoms with Crippen molar-refractivity contribution in [3.8, 4) is 0 Å². The average Bonchev–Trinajstić information content (AvgIpc) is 3.20. The summed E-state index contributed by atoms with van der Waals surface area (Å²) in [5, 5.41) is 12.3. The van der Waals surface area contributed by atoms with Crippen LogP contribution >= 0.6 is 0 Å². The molecule has 0 saturated carbocycles. The van der Waals surface area contributed by atoms with Gasteiger partial charge < -0.3 is 15.5 Å². The van der Waals surface area contributed by atoms with E-state index in [2.05, 4.69) is 25.8 Å². The summed E-state index contributed by atoms with van der Waals surface area (Å²) in [5.74, 6) is -1.87. The number of hydrogen-bond acceptors (Lipinski definition) is 8. The van der Waals surface area contributed by atoms with Gasteiger partial charge in [-0.3, -0.25) is 24.4 Å². The molecular formula is C21H27N7O5S. The van der Waals surface area contributed by atoms with Crippen LogP contribution in [0.5, 0.6) is 0 Å². The lowest BCUT2D eigenvalue weighted by atomic mass is 10.0. The van der Waals surface area contributed by atoms with Gasteiger partial charge in [-0.25, -0.2) is 13.1 Å². The van der Waals surface area contributed by atoms with Crippen molar-refractivity contribution < 1.29 is 22.8 Å². The number of amides is 3. The van der Waals surface area contributed by atoms with E-state index in [1.807, 2.05) is 37.3 Å². The quantitative estimate of drug-likeness (QED) is 0.372. The van der Waals surface area contributed by atoms with Crippen molar-refractivity contribution in [1.29, 1.82) is 0 Å². The fraction of sp³-hybridized carbons (Fsp3) is 0.333. The van der Waals surface area contributed by atoms with Crippen molar-refractivity contribution in [2.24, 2.45) is 7.05 Å². The maximum Gasteiger partial charge on any atom is 0.277 e. The molecule has 34 heavy (non-hydrogen) atoms. The zero-order chi connectivity index (χ0) is 25.2. The van der Waals surface area contributed by atoms with Crippen LogP contribution in [0.25, 0.3) is 0 Å². The number of aromatic nitrogens is 2. The Bertz CT molecular complexity index is 1270. The van der Waals surface area contributed by atoms with Crippen molar-refractivity contribution in [2.75, 3.05) is 30.4 Å². The summed E-state index contributed by atoms with van der Waals surface area (Å²) in [7, 11) is 0.657. The fourth-order valence-corrected chi connectivity index (χ4v) is 3.99. The van der Waals surface area contributed by atoms with E-state index in [1.54, 1.807) is 0 Å². The molecule has 1 aromatic heterocycles. The molecule has 3 amide bonds. The van der Waals surface area contributed by atoms with Gasteiger partial charge in [-0.1, -0.05) is 37.3 Å². The highest BCUT2D eigenvalue weighted by Crippen LogP contribution is 2.30. The molecule has 0 unspecified atom stereocenters. The molecule has 1 aliphatic heterocycles. The minimum atomic E-state index is -3.81. The Morgan fingerprint density at radius 1 is 1.15 bits per heavy atom. The Morgan fingerprint density at radius 3 is 2.32 bits per heavy atom. The third-order valence-electron chi connectivity index (χ3n) is 5.05. The molecule has 0 saturated heterocycles. The zero-order valence-corrected chi connectivity index (χ0v) is 20.3. The van der Waals surface area contributed by atoms with E-state index in [0.717, 1.165) is 11.8 Å². The van der Waals surface area contributed by atoms with Gasteiger partial charge in [0.25, 0.3) is 17.7 Å². The maximum absolute atomic E-state index is 12.6. The molecule has 13 heteroatoms. The highest BCUT2D eigenvalue weighted by molar-refractivity contribution is 7.92. The summed E-state index contributed by atoms with van der Waals surface area (Å²) in [6.07, 6.45) is 1.55. The fourth-order valence-electron chi connectivity index (χ4n) is 3.42. The van der Waals surface area contributed by atoms with Crippen LogP contribution in [-0.4, -0.2) is 61.2 Å². The molecule has 0 aliphatic carbocycles. The Kier molecular flexibility index (Phi) is 6.96. The third kappa shape index (κ3) is 5.20. The van der Waals surface area contributed by atoms with Crippen LogP contribution in [0.2, 0.25) is 0 Å². The van der Waals surface area contributed by atoms with Crippen molar-refractivity contribution in [1.82, 2.24) is 25.3 Å². The number of carbonyl (C=O) groups is 3. The van der Waals surface area contributed by atoms with Crippen molar-refractivity contribution in [3.05, 3.63) is 53.0 Å². The first kappa shape index (κ1) is 24.8. The highest BCUT2D eigenvalue weighted by atomic mass is 32.2. The Morgan fingerprint density at radius 2 is 1.76 bits per heavy atom. The number of rotatable bonds is 9. The molecule has 0 spiro atoms. The molecule has 2 aromatic rings. The maximum atomic E-state index is 12.6. The normalized spacial score (nSPS) is 14.6. The van der Waals surface area contributed by atoms with Gasteiger partial charge in [-0.15, -0.1) is 0 Å². The van der Waals surface area contributed by atoms with Crippen molar-refractivity contribution >= 4 is 39.3 Å². The molecular weight excluding hydrogens is 462 g/mol. The van der Waals surface area contributed by atoms with Crippen LogP contribution in [0.4, 0.5) is 11.5 Å². The molecule has 12 nitrogen and oxygen atoms in total. The van der Waals surface area contributed by atoms with Gasteiger partial charge in [-0.2, -0.15) is 5.10 Å². The number of sulfonamides is 1. The van der Waals surface area contributed by atoms with E-state index in [4.69, 9.17) is 0 Å². The summed E-state index contributed by atoms with van der Waals surface area (Å²) in [6, 6.07) is 9.15. The predicted molar refractivity (Wildman–Crippen MR) is 126 cm³/mol. The minimum absolute atomic E-state index is 0.00676. The summed E-state index contributed by atoms with van der Waals surface area (Å²) in [4.78, 5) is 39.1. The number of carbonyl (C=O) groups excluding carboxylic acids is 3. The van der Waals surface area contributed by atoms with Crippen molar-refractivity contribution in [2.45, 2.75) is 19.4 Å². The number of imide groups is 1. The van der Waals surface area contributed by atoms with Gasteiger partial charge in [0.05, 0.1) is 12.3 Å². The van der Waals surface area contributed by atoms with Crippen LogP contribution in [0.1, 0.15) is 35.4 Å². The van der Waals surface area contributed by atoms with Crippen LogP contribution in [0, 0.1) is 0 Å². The SMILES string of the molecule is CC[C@@H](NC1=C(Nc2c(NS(C)(=O)=O)c(C(=O)N(C)C)nn2C)C(=O)NC1=O)c1ccccc1. The molecule has 182 valence electrons. The summed E-state index contributed by atoms with van der Waals surface area (Å²) >= 11 is 0. The Labute approximate surface area is 197 Å². The lowest BCUT2D eigenvalue weighted by Crippen LogP contribution is -2.29. The lowest BCUT2D eigenvalue weighted by molar-refractivity contribution is -0.124. The average molecular weight is 490 g/mol. The minimum Gasteiger partial charge on any atom is -0.372 e. The first-order valence-corrected chi connectivity index (χ1v) is 12.3. The first-order chi connectivity index (χ1) is 15.9. The predicted octanol–water partition coefficient (Wildman–Crippen LogP) is 0.514. The third-order valence-corrected chi connectivity index (χ3v) is 5.62. The number of nitrogens with one attached hydrogen (secondary N) is 4. The molecule has 0 fully saturated rings. The van der Waals surface area contributed by atoms with Crippen molar-refractivity contribution in [3.63, 3.8) is 0 Å². The van der Waals surface area contributed by atoms with Crippen LogP contribution < -0.4 is 20.7 Å². The van der Waals surface area contributed by atoms with E-state index in [9.17, 15) is 22.8 Å². The molecule has 3 rings (SSSR count). The molecule has 0 bridgehead atoms. The number of aryl methyl sites for hydroxylation is 1. The molecule has 1 atom stereocenters. The lowest BCUT2D eigenvalue weighted by Gasteiger charge is -2.19. The standard InChI is InChI=1S/C21H27N7O5S/c1-6-13(12-10-8-7-9-11-12)22-15-16(20(30)24-19(15)29)23-18-14(26-34(5,32)33)17(25-28(18)4)21(31)27(2)3/h7-11,13,26H,6H2,1-5H3,(H3,22,23,24,29,30)/t13-/m1/s1. The summed E-state index contributed by atoms with van der Waals surface area (Å²) in [5.41, 5.74) is 0.479. The zero-order valence-electron chi connectivity index (χ0n) is 19.5. The largest absolute Gasteiger partial charge is 0.372 e. The molecule has 0 radical (unpaired) electrons. The van der Waals surface area contributed by atoms with Gasteiger partial charge in [0.15, 0.2) is 11.5 Å². The van der Waals surface area contributed by atoms with E-state index in [0.29, 0.717) is 6.42 Å². The smallest absolute Gasteiger partial charge is 0.277 e. The molecule has 1 aromatic carbocycles. The van der Waals surface area contributed by atoms with E-state index < -0.39 is 27.7 Å².